The van der Waals surface area contributed by atoms with E-state index in [2.05, 4.69) is 31.3 Å². The van der Waals surface area contributed by atoms with Gasteiger partial charge in [-0.05, 0) is 62.1 Å². The third-order valence-corrected chi connectivity index (χ3v) is 5.74. The number of ether oxygens (including phenoxy) is 2. The van der Waals surface area contributed by atoms with E-state index < -0.39 is 12.0 Å². The molecule has 0 spiro atoms. The van der Waals surface area contributed by atoms with E-state index in [1.54, 1.807) is 18.2 Å². The third-order valence-electron chi connectivity index (χ3n) is 5.74. The molecule has 0 aliphatic carbocycles. The van der Waals surface area contributed by atoms with Gasteiger partial charge in [-0.25, -0.2) is 4.79 Å². The number of amides is 2. The Labute approximate surface area is 202 Å². The number of methoxy groups -OCH3 is 1. The van der Waals surface area contributed by atoms with Crippen LogP contribution in [0.3, 0.4) is 0 Å². The molecular formula is C26H39N3O5. The second-order valence-corrected chi connectivity index (χ2v) is 8.90. The van der Waals surface area contributed by atoms with Crippen LogP contribution in [0.4, 0.5) is 0 Å². The van der Waals surface area contributed by atoms with Crippen molar-refractivity contribution >= 4 is 17.8 Å². The number of rotatable bonds is 12. The molecule has 188 valence electrons. The summed E-state index contributed by atoms with van der Waals surface area (Å²) in [6.45, 7) is 5.01. The zero-order valence-corrected chi connectivity index (χ0v) is 20.7. The summed E-state index contributed by atoms with van der Waals surface area (Å²) >= 11 is 0. The maximum absolute atomic E-state index is 12.8. The monoisotopic (exact) mass is 473 g/mol. The first kappa shape index (κ1) is 27.4. The molecule has 1 atom stereocenters. The van der Waals surface area contributed by atoms with Crippen LogP contribution >= 0.6 is 0 Å². The normalized spacial score (nSPS) is 16.0. The molecule has 1 unspecified atom stereocenters. The Bertz CT molecular complexity index is 853. The van der Waals surface area contributed by atoms with E-state index in [-0.39, 0.29) is 24.1 Å². The Kier molecular flexibility index (Phi) is 11.6. The van der Waals surface area contributed by atoms with Crippen LogP contribution in [0.25, 0.3) is 0 Å². The second kappa shape index (κ2) is 14.4. The fourth-order valence-electron chi connectivity index (χ4n) is 3.88. The number of piperidine rings is 1. The smallest absolute Gasteiger partial charge is 0.334 e. The Morgan fingerprint density at radius 1 is 1.21 bits per heavy atom. The maximum atomic E-state index is 12.8. The number of allylic oxidation sites excluding steroid dienone is 2. The first-order valence-corrected chi connectivity index (χ1v) is 12.2. The highest BCUT2D eigenvalue weighted by atomic mass is 16.6. The van der Waals surface area contributed by atoms with Crippen LogP contribution in [-0.2, 0) is 20.9 Å². The number of hydrogen-bond acceptors (Lipinski definition) is 6. The fourth-order valence-corrected chi connectivity index (χ4v) is 3.88. The van der Waals surface area contributed by atoms with Crippen LogP contribution in [0.2, 0.25) is 0 Å². The summed E-state index contributed by atoms with van der Waals surface area (Å²) in [5.74, 6) is 0.477. The quantitative estimate of drug-likeness (QED) is 0.208. The van der Waals surface area contributed by atoms with Crippen molar-refractivity contribution in [1.29, 1.82) is 0 Å². The van der Waals surface area contributed by atoms with Gasteiger partial charge in [0.2, 0.25) is 11.8 Å². The van der Waals surface area contributed by atoms with Crippen LogP contribution in [-0.4, -0.2) is 48.9 Å². The number of carbonyl (C=O) groups excluding carboxylic acids is 3. The van der Waals surface area contributed by atoms with E-state index in [4.69, 9.17) is 15.2 Å². The van der Waals surface area contributed by atoms with Crippen molar-refractivity contribution in [2.24, 2.45) is 11.7 Å². The van der Waals surface area contributed by atoms with Gasteiger partial charge in [0.05, 0.1) is 13.7 Å². The molecule has 1 heterocycles. The average molecular weight is 474 g/mol. The van der Waals surface area contributed by atoms with Crippen molar-refractivity contribution in [2.75, 3.05) is 20.2 Å². The molecule has 8 heteroatoms. The summed E-state index contributed by atoms with van der Waals surface area (Å²) in [5.41, 5.74) is 6.33. The van der Waals surface area contributed by atoms with Gasteiger partial charge in [0, 0.05) is 19.5 Å². The molecule has 0 saturated carbocycles. The summed E-state index contributed by atoms with van der Waals surface area (Å²) in [7, 11) is 1.49. The number of nitrogens with zero attached hydrogens (tertiary/aromatic N) is 1. The molecule has 1 aromatic rings. The predicted molar refractivity (Wildman–Crippen MR) is 131 cm³/mol. The predicted octanol–water partition coefficient (Wildman–Crippen LogP) is 3.33. The third kappa shape index (κ3) is 8.82. The highest BCUT2D eigenvalue weighted by Crippen LogP contribution is 2.29. The topological polar surface area (TPSA) is 111 Å². The van der Waals surface area contributed by atoms with E-state index in [9.17, 15) is 14.4 Å². The zero-order chi connectivity index (χ0) is 24.9. The molecule has 1 fully saturated rings. The van der Waals surface area contributed by atoms with Crippen LogP contribution in [0.15, 0.2) is 30.4 Å². The maximum Gasteiger partial charge on any atom is 0.334 e. The molecular weight excluding hydrogens is 434 g/mol. The lowest BCUT2D eigenvalue weighted by Gasteiger charge is -2.33. The molecule has 34 heavy (non-hydrogen) atoms. The summed E-state index contributed by atoms with van der Waals surface area (Å²) < 4.78 is 11.0. The molecule has 1 saturated heterocycles. The van der Waals surface area contributed by atoms with Crippen molar-refractivity contribution in [3.63, 3.8) is 0 Å². The van der Waals surface area contributed by atoms with Gasteiger partial charge in [0.15, 0.2) is 11.5 Å². The van der Waals surface area contributed by atoms with Gasteiger partial charge in [-0.3, -0.25) is 9.59 Å². The Morgan fingerprint density at radius 2 is 2.00 bits per heavy atom. The Hall–Kier alpha value is -2.87. The number of nitrogens with two attached hydrogens (primary N) is 1. The molecule has 1 aliphatic rings. The molecule has 3 N–H and O–H groups in total. The highest BCUT2D eigenvalue weighted by Gasteiger charge is 2.33. The van der Waals surface area contributed by atoms with Gasteiger partial charge in [-0.15, -0.1) is 0 Å². The van der Waals surface area contributed by atoms with E-state index in [1.807, 2.05) is 0 Å². The molecule has 2 rings (SSSR count). The SMILES string of the molecule is COc1cc(CNC(=O)CCCC/C=C/C(C)C)ccc1OC(=O)C1CCCCN1C(=O)CN. The number of carbonyl (C=O) groups is 3. The van der Waals surface area contributed by atoms with Gasteiger partial charge in [-0.2, -0.15) is 0 Å². The summed E-state index contributed by atoms with van der Waals surface area (Å²) in [4.78, 5) is 38.5. The fraction of sp³-hybridized carbons (Fsp3) is 0.577. The van der Waals surface area contributed by atoms with Gasteiger partial charge in [0.1, 0.15) is 6.04 Å². The van der Waals surface area contributed by atoms with Crippen LogP contribution in [0.1, 0.15) is 64.4 Å². The molecule has 0 aromatic heterocycles. The van der Waals surface area contributed by atoms with Gasteiger partial charge >= 0.3 is 5.97 Å². The molecule has 8 nitrogen and oxygen atoms in total. The van der Waals surface area contributed by atoms with Crippen LogP contribution in [0, 0.1) is 5.92 Å². The first-order chi connectivity index (χ1) is 16.3. The summed E-state index contributed by atoms with van der Waals surface area (Å²) in [6, 6.07) is 4.53. The number of hydrogen-bond donors (Lipinski definition) is 2. The van der Waals surface area contributed by atoms with Gasteiger partial charge in [0.25, 0.3) is 0 Å². The van der Waals surface area contributed by atoms with Crippen molar-refractivity contribution in [1.82, 2.24) is 10.2 Å². The van der Waals surface area contributed by atoms with E-state index in [0.717, 1.165) is 37.7 Å². The van der Waals surface area contributed by atoms with E-state index in [0.29, 0.717) is 37.6 Å². The zero-order valence-electron chi connectivity index (χ0n) is 20.7. The number of nitrogens with one attached hydrogen (secondary N) is 1. The lowest BCUT2D eigenvalue weighted by Crippen LogP contribution is -2.51. The van der Waals surface area contributed by atoms with Gasteiger partial charge in [-0.1, -0.05) is 32.1 Å². The van der Waals surface area contributed by atoms with Crippen LogP contribution in [0.5, 0.6) is 11.5 Å². The first-order valence-electron chi connectivity index (χ1n) is 12.2. The second-order valence-electron chi connectivity index (χ2n) is 8.90. The van der Waals surface area contributed by atoms with Crippen molar-refractivity contribution in [2.45, 2.75) is 71.4 Å². The standard InChI is InChI=1S/C26H39N3O5/c1-19(2)10-6-4-5-7-12-24(30)28-18-20-13-14-22(23(16-20)33-3)34-26(32)21-11-8-9-15-29(21)25(31)17-27/h6,10,13-14,16,19,21H,4-5,7-9,11-12,15,17-18,27H2,1-3H3,(H,28,30)/b10-6+. The van der Waals surface area contributed by atoms with Gasteiger partial charge < -0.3 is 25.4 Å². The lowest BCUT2D eigenvalue weighted by atomic mass is 10.0. The minimum atomic E-state index is -0.644. The molecule has 2 amide bonds. The number of likely N-dealkylation sites (tertiary alicyclic amines) is 1. The minimum Gasteiger partial charge on any atom is -0.493 e. The molecule has 0 radical (unpaired) electrons. The number of unbranched alkanes of at least 4 members (excludes halogenated alkanes) is 2. The lowest BCUT2D eigenvalue weighted by molar-refractivity contribution is -0.149. The summed E-state index contributed by atoms with van der Waals surface area (Å²) in [5, 5.41) is 2.92. The Morgan fingerprint density at radius 3 is 2.71 bits per heavy atom. The minimum absolute atomic E-state index is 0.00395. The molecule has 1 aromatic carbocycles. The number of esters is 1. The van der Waals surface area contributed by atoms with Crippen molar-refractivity contribution < 1.29 is 23.9 Å². The Balaban J connectivity index is 1.87. The van der Waals surface area contributed by atoms with E-state index in [1.165, 1.54) is 12.0 Å². The highest BCUT2D eigenvalue weighted by molar-refractivity contribution is 5.87. The van der Waals surface area contributed by atoms with E-state index >= 15 is 0 Å². The molecule has 0 bridgehead atoms. The average Bonchev–Trinajstić information content (AvgIpc) is 2.84. The largest absolute Gasteiger partial charge is 0.493 e. The molecule has 1 aliphatic heterocycles. The summed E-state index contributed by atoms with van der Waals surface area (Å²) in [6.07, 6.45) is 9.89. The van der Waals surface area contributed by atoms with Crippen molar-refractivity contribution in [3.8, 4) is 11.5 Å². The number of benzene rings is 1. The van der Waals surface area contributed by atoms with Crippen molar-refractivity contribution in [3.05, 3.63) is 35.9 Å². The van der Waals surface area contributed by atoms with Crippen LogP contribution < -0.4 is 20.5 Å².